The number of hydrogen-bond acceptors (Lipinski definition) is 2. The van der Waals surface area contributed by atoms with Gasteiger partial charge in [0.25, 0.3) is 0 Å². The molecule has 0 heterocycles. The Kier molecular flexibility index (Phi) is 5.47. The van der Waals surface area contributed by atoms with Crippen LogP contribution in [0.25, 0.3) is 0 Å². The fourth-order valence-electron chi connectivity index (χ4n) is 1.35. The van der Waals surface area contributed by atoms with Crippen LogP contribution >= 0.6 is 27.5 Å². The Bertz CT molecular complexity index is 435. The molecule has 0 N–H and O–H groups in total. The summed E-state index contributed by atoms with van der Waals surface area (Å²) in [6, 6.07) is 3.78. The largest absolute Gasteiger partial charge is 0.573 e. The third kappa shape index (κ3) is 4.86. The second kappa shape index (κ2) is 6.43. The van der Waals surface area contributed by atoms with Crippen LogP contribution in [0.2, 0.25) is 0 Å². The zero-order valence-corrected chi connectivity index (χ0v) is 11.4. The van der Waals surface area contributed by atoms with Gasteiger partial charge in [0.15, 0.2) is 0 Å². The van der Waals surface area contributed by atoms with Gasteiger partial charge < -0.3 is 4.74 Å². The molecule has 0 saturated heterocycles. The van der Waals surface area contributed by atoms with Crippen molar-refractivity contribution in [3.8, 4) is 5.75 Å². The Labute approximate surface area is 115 Å². The van der Waals surface area contributed by atoms with Gasteiger partial charge in [0.2, 0.25) is 0 Å². The van der Waals surface area contributed by atoms with Crippen LogP contribution in [-0.2, 0) is 17.1 Å². The first kappa shape index (κ1) is 15.3. The lowest BCUT2D eigenvalue weighted by Crippen LogP contribution is -2.17. The number of carbonyl (C=O) groups is 1. The molecule has 0 bridgehead atoms. The molecule has 0 aliphatic heterocycles. The van der Waals surface area contributed by atoms with Crippen LogP contribution in [-0.4, -0.2) is 17.5 Å². The van der Waals surface area contributed by atoms with E-state index < -0.39 is 6.36 Å². The smallest absolute Gasteiger partial charge is 0.406 e. The summed E-state index contributed by atoms with van der Waals surface area (Å²) in [7, 11) is 0. The summed E-state index contributed by atoms with van der Waals surface area (Å²) < 4.78 is 40.0. The van der Waals surface area contributed by atoms with Crippen molar-refractivity contribution in [2.24, 2.45) is 0 Å². The normalized spacial score (nSPS) is 11.4. The maximum atomic E-state index is 12.1. The van der Waals surface area contributed by atoms with E-state index in [0.29, 0.717) is 11.1 Å². The molecular formula is C11H9BrClF3O2. The summed E-state index contributed by atoms with van der Waals surface area (Å²) >= 11 is 8.65. The molecule has 0 atom stereocenters. The quantitative estimate of drug-likeness (QED) is 0.758. The van der Waals surface area contributed by atoms with E-state index in [4.69, 9.17) is 11.6 Å². The summed E-state index contributed by atoms with van der Waals surface area (Å²) in [6.07, 6.45) is -4.73. The Morgan fingerprint density at radius 3 is 2.50 bits per heavy atom. The van der Waals surface area contributed by atoms with Crippen LogP contribution in [0, 0.1) is 0 Å². The van der Waals surface area contributed by atoms with Gasteiger partial charge in [-0.3, -0.25) is 4.79 Å². The SMILES string of the molecule is O=C(CBr)Cc1cc(OC(F)(F)F)ccc1CCl. The zero-order valence-electron chi connectivity index (χ0n) is 9.06. The number of benzene rings is 1. The Hall–Kier alpha value is -0.750. The summed E-state index contributed by atoms with van der Waals surface area (Å²) in [4.78, 5) is 11.3. The summed E-state index contributed by atoms with van der Waals surface area (Å²) in [5, 5.41) is 0.138. The van der Waals surface area contributed by atoms with Gasteiger partial charge in [0.05, 0.1) is 5.33 Å². The first-order valence-electron chi connectivity index (χ1n) is 4.87. The zero-order chi connectivity index (χ0) is 13.8. The van der Waals surface area contributed by atoms with Crippen molar-refractivity contribution in [3.05, 3.63) is 29.3 Å². The standard InChI is InChI=1S/C11H9BrClF3O2/c12-5-9(17)3-8-4-10(18-11(14,15)16)2-1-7(8)6-13/h1-2,4H,3,5-6H2. The number of ketones is 1. The van der Waals surface area contributed by atoms with Gasteiger partial charge in [-0.2, -0.15) is 0 Å². The lowest BCUT2D eigenvalue weighted by atomic mass is 10.0. The van der Waals surface area contributed by atoms with Crippen LogP contribution in [0.15, 0.2) is 18.2 Å². The molecule has 2 nitrogen and oxygen atoms in total. The van der Waals surface area contributed by atoms with Gasteiger partial charge in [-0.15, -0.1) is 24.8 Å². The minimum Gasteiger partial charge on any atom is -0.406 e. The van der Waals surface area contributed by atoms with Crippen LogP contribution in [0.1, 0.15) is 11.1 Å². The fraction of sp³-hybridized carbons (Fsp3) is 0.364. The first-order chi connectivity index (χ1) is 8.35. The summed E-state index contributed by atoms with van der Waals surface area (Å²) in [5.41, 5.74) is 1.05. The molecule has 0 unspecified atom stereocenters. The molecule has 1 rings (SSSR count). The lowest BCUT2D eigenvalue weighted by Gasteiger charge is -2.12. The van der Waals surface area contributed by atoms with E-state index in [1.165, 1.54) is 18.2 Å². The molecule has 100 valence electrons. The van der Waals surface area contributed by atoms with Crippen molar-refractivity contribution in [1.29, 1.82) is 0 Å². The van der Waals surface area contributed by atoms with E-state index >= 15 is 0 Å². The predicted molar refractivity (Wildman–Crippen MR) is 65.2 cm³/mol. The van der Waals surface area contributed by atoms with E-state index in [1.54, 1.807) is 0 Å². The number of halogens is 5. The average Bonchev–Trinajstić information content (AvgIpc) is 2.27. The van der Waals surface area contributed by atoms with Gasteiger partial charge in [-0.05, 0) is 23.3 Å². The molecule has 0 amide bonds. The van der Waals surface area contributed by atoms with Crippen molar-refractivity contribution >= 4 is 33.3 Å². The highest BCUT2D eigenvalue weighted by molar-refractivity contribution is 9.09. The number of carbonyl (C=O) groups excluding carboxylic acids is 1. The molecule has 0 spiro atoms. The van der Waals surface area contributed by atoms with Gasteiger partial charge in [-0.25, -0.2) is 0 Å². The van der Waals surface area contributed by atoms with E-state index in [-0.39, 0.29) is 29.2 Å². The number of alkyl halides is 5. The minimum absolute atomic E-state index is 0.0162. The molecule has 0 aromatic heterocycles. The van der Waals surface area contributed by atoms with E-state index in [9.17, 15) is 18.0 Å². The number of ether oxygens (including phenoxy) is 1. The van der Waals surface area contributed by atoms with Gasteiger partial charge in [-0.1, -0.05) is 22.0 Å². The third-order valence-corrected chi connectivity index (χ3v) is 3.01. The highest BCUT2D eigenvalue weighted by atomic mass is 79.9. The lowest BCUT2D eigenvalue weighted by molar-refractivity contribution is -0.274. The molecule has 0 saturated carbocycles. The highest BCUT2D eigenvalue weighted by Gasteiger charge is 2.31. The number of hydrogen-bond donors (Lipinski definition) is 0. The van der Waals surface area contributed by atoms with E-state index in [0.717, 1.165) is 0 Å². The molecule has 1 aromatic carbocycles. The van der Waals surface area contributed by atoms with Gasteiger partial charge in [0, 0.05) is 12.3 Å². The molecule has 0 radical (unpaired) electrons. The number of rotatable bonds is 5. The van der Waals surface area contributed by atoms with Gasteiger partial charge in [0.1, 0.15) is 11.5 Å². The van der Waals surface area contributed by atoms with Crippen LogP contribution in [0.5, 0.6) is 5.75 Å². The highest BCUT2D eigenvalue weighted by Crippen LogP contribution is 2.26. The topological polar surface area (TPSA) is 26.3 Å². The molecular weight excluding hydrogens is 336 g/mol. The molecule has 0 aliphatic rings. The number of Topliss-reactive ketones (excluding diaryl/α,β-unsaturated/α-hetero) is 1. The summed E-state index contributed by atoms with van der Waals surface area (Å²) in [5.74, 6) is -0.378. The fourth-order valence-corrected chi connectivity index (χ4v) is 1.81. The monoisotopic (exact) mass is 344 g/mol. The van der Waals surface area contributed by atoms with E-state index in [1.807, 2.05) is 0 Å². The van der Waals surface area contributed by atoms with Crippen molar-refractivity contribution in [1.82, 2.24) is 0 Å². The first-order valence-corrected chi connectivity index (χ1v) is 6.52. The predicted octanol–water partition coefficient (Wildman–Crippen LogP) is 3.83. The second-order valence-electron chi connectivity index (χ2n) is 3.46. The molecule has 1 aromatic rings. The molecule has 0 aliphatic carbocycles. The Morgan fingerprint density at radius 2 is 2.00 bits per heavy atom. The average molecular weight is 346 g/mol. The Balaban J connectivity index is 2.98. The van der Waals surface area contributed by atoms with Crippen LogP contribution in [0.3, 0.4) is 0 Å². The molecule has 18 heavy (non-hydrogen) atoms. The van der Waals surface area contributed by atoms with Crippen LogP contribution in [0.4, 0.5) is 13.2 Å². The molecule has 7 heteroatoms. The van der Waals surface area contributed by atoms with Crippen molar-refractivity contribution in [2.75, 3.05) is 5.33 Å². The van der Waals surface area contributed by atoms with Gasteiger partial charge >= 0.3 is 6.36 Å². The van der Waals surface area contributed by atoms with Crippen molar-refractivity contribution in [2.45, 2.75) is 18.7 Å². The maximum Gasteiger partial charge on any atom is 0.573 e. The maximum absolute atomic E-state index is 12.1. The van der Waals surface area contributed by atoms with Crippen LogP contribution < -0.4 is 4.74 Å². The molecule has 0 fully saturated rings. The van der Waals surface area contributed by atoms with Crippen molar-refractivity contribution < 1.29 is 22.7 Å². The summed E-state index contributed by atoms with van der Waals surface area (Å²) in [6.45, 7) is 0. The third-order valence-electron chi connectivity index (χ3n) is 2.09. The van der Waals surface area contributed by atoms with Crippen molar-refractivity contribution in [3.63, 3.8) is 0 Å². The second-order valence-corrected chi connectivity index (χ2v) is 4.29. The Morgan fingerprint density at radius 1 is 1.33 bits per heavy atom. The minimum atomic E-state index is -4.75. The van der Waals surface area contributed by atoms with E-state index in [2.05, 4.69) is 20.7 Å².